The van der Waals surface area contributed by atoms with Crippen LogP contribution in [0.2, 0.25) is 0 Å². The topological polar surface area (TPSA) is 118 Å². The Morgan fingerprint density at radius 2 is 1.64 bits per heavy atom. The molecule has 7 heteroatoms. The van der Waals surface area contributed by atoms with Crippen LogP contribution >= 0.6 is 0 Å². The van der Waals surface area contributed by atoms with Crippen LogP contribution in [0.4, 0.5) is 0 Å². The molecule has 0 fully saturated rings. The highest BCUT2D eigenvalue weighted by Crippen LogP contribution is 2.28. The summed E-state index contributed by atoms with van der Waals surface area (Å²) in [6, 6.07) is 2.61. The fraction of sp³-hybridized carbons (Fsp3) is 0.333. The summed E-state index contributed by atoms with van der Waals surface area (Å²) in [4.78, 5) is 45.4. The maximum atomic E-state index is 12.2. The normalized spacial score (nSPS) is 10.1. The highest BCUT2D eigenvalue weighted by molar-refractivity contribution is 6.15. The molecule has 2 N–H and O–H groups in total. The minimum Gasteiger partial charge on any atom is -0.508 e. The third kappa shape index (κ3) is 4.69. The number of aromatic hydroxyl groups is 1. The van der Waals surface area contributed by atoms with Crippen molar-refractivity contribution in [3.63, 3.8) is 0 Å². The van der Waals surface area contributed by atoms with Crippen molar-refractivity contribution in [2.75, 3.05) is 7.11 Å². The number of aryl methyl sites for hydroxylation is 1. The third-order valence-electron chi connectivity index (χ3n) is 2.88. The smallest absolute Gasteiger partial charge is 0.310 e. The predicted octanol–water partition coefficient (Wildman–Crippen LogP) is 1.29. The lowest BCUT2D eigenvalue weighted by molar-refractivity contribution is -0.140. The molecule has 0 aliphatic rings. The van der Waals surface area contributed by atoms with Crippen LogP contribution in [-0.4, -0.2) is 40.6 Å². The Kier molecular flexibility index (Phi) is 5.80. The van der Waals surface area contributed by atoms with Gasteiger partial charge < -0.3 is 14.9 Å². The van der Waals surface area contributed by atoms with Gasteiger partial charge in [0.05, 0.1) is 25.5 Å². The molecule has 0 saturated heterocycles. The number of phenolic OH excluding ortho intramolecular Hbond substituents is 1. The van der Waals surface area contributed by atoms with E-state index in [4.69, 9.17) is 9.84 Å². The molecular formula is C15H16O7. The minimum absolute atomic E-state index is 0.0751. The van der Waals surface area contributed by atoms with Crippen molar-refractivity contribution in [2.45, 2.75) is 26.2 Å². The van der Waals surface area contributed by atoms with Crippen molar-refractivity contribution in [2.24, 2.45) is 0 Å². The first-order valence-electron chi connectivity index (χ1n) is 6.40. The monoisotopic (exact) mass is 308 g/mol. The van der Waals surface area contributed by atoms with E-state index in [0.29, 0.717) is 5.56 Å². The Morgan fingerprint density at radius 3 is 2.18 bits per heavy atom. The number of phenols is 1. The molecule has 0 aliphatic heterocycles. The van der Waals surface area contributed by atoms with E-state index in [-0.39, 0.29) is 17.1 Å². The van der Waals surface area contributed by atoms with Gasteiger partial charge in [0.25, 0.3) is 0 Å². The summed E-state index contributed by atoms with van der Waals surface area (Å²) in [5, 5.41) is 17.9. The molecule has 0 saturated carbocycles. The average molecular weight is 308 g/mol. The fourth-order valence-corrected chi connectivity index (χ4v) is 2.04. The molecule has 0 unspecified atom stereocenters. The number of carboxylic acids is 1. The first-order valence-corrected chi connectivity index (χ1v) is 6.40. The van der Waals surface area contributed by atoms with Gasteiger partial charge in [-0.1, -0.05) is 0 Å². The van der Waals surface area contributed by atoms with Gasteiger partial charge in [-0.15, -0.1) is 0 Å². The van der Waals surface area contributed by atoms with Gasteiger partial charge in [0.1, 0.15) is 23.7 Å². The summed E-state index contributed by atoms with van der Waals surface area (Å²) >= 11 is 0. The molecule has 0 radical (unpaired) electrons. The van der Waals surface area contributed by atoms with Gasteiger partial charge >= 0.3 is 5.97 Å². The number of rotatable bonds is 8. The molecule has 1 rings (SSSR count). The average Bonchev–Trinajstić information content (AvgIpc) is 2.35. The number of carbonyl (C=O) groups is 4. The second-order valence-corrected chi connectivity index (χ2v) is 4.76. The molecule has 1 aromatic carbocycles. The zero-order valence-electron chi connectivity index (χ0n) is 12.2. The Labute approximate surface area is 126 Å². The van der Waals surface area contributed by atoms with Gasteiger partial charge in [0, 0.05) is 6.07 Å². The number of carboxylic acid groups (broad SMARTS) is 1. The maximum absolute atomic E-state index is 12.2. The van der Waals surface area contributed by atoms with E-state index in [0.717, 1.165) is 0 Å². The lowest BCUT2D eigenvalue weighted by Gasteiger charge is -2.11. The number of ketones is 3. The summed E-state index contributed by atoms with van der Waals surface area (Å²) < 4.78 is 5.01. The number of methoxy groups -OCH3 is 1. The molecule has 22 heavy (non-hydrogen) atoms. The molecule has 0 spiro atoms. The van der Waals surface area contributed by atoms with E-state index in [2.05, 4.69) is 0 Å². The summed E-state index contributed by atoms with van der Waals surface area (Å²) in [5.41, 5.74) is 0.589. The van der Waals surface area contributed by atoms with E-state index < -0.39 is 42.6 Å². The second kappa shape index (κ2) is 7.35. The van der Waals surface area contributed by atoms with Crippen molar-refractivity contribution >= 4 is 23.3 Å². The summed E-state index contributed by atoms with van der Waals surface area (Å²) in [6.07, 6.45) is -1.88. The number of ether oxygens (including phenoxy) is 1. The van der Waals surface area contributed by atoms with Gasteiger partial charge in [-0.05, 0) is 18.6 Å². The zero-order chi connectivity index (χ0) is 16.9. The zero-order valence-corrected chi connectivity index (χ0v) is 12.2. The molecule has 0 bridgehead atoms. The third-order valence-corrected chi connectivity index (χ3v) is 2.88. The summed E-state index contributed by atoms with van der Waals surface area (Å²) in [7, 11) is 1.32. The van der Waals surface area contributed by atoms with Gasteiger partial charge in [-0.2, -0.15) is 0 Å². The van der Waals surface area contributed by atoms with Crippen LogP contribution in [-0.2, 0) is 14.4 Å². The van der Waals surface area contributed by atoms with Crippen LogP contribution < -0.4 is 4.74 Å². The van der Waals surface area contributed by atoms with Crippen molar-refractivity contribution in [3.05, 3.63) is 23.3 Å². The van der Waals surface area contributed by atoms with Crippen LogP contribution in [0.5, 0.6) is 11.5 Å². The van der Waals surface area contributed by atoms with Crippen molar-refractivity contribution in [3.8, 4) is 11.5 Å². The molecule has 1 aromatic rings. The Morgan fingerprint density at radius 1 is 1.05 bits per heavy atom. The highest BCUT2D eigenvalue weighted by Gasteiger charge is 2.21. The molecule has 0 aromatic heterocycles. The van der Waals surface area contributed by atoms with Gasteiger partial charge in [-0.3, -0.25) is 19.2 Å². The van der Waals surface area contributed by atoms with Crippen molar-refractivity contribution in [1.29, 1.82) is 0 Å². The van der Waals surface area contributed by atoms with Gasteiger partial charge in [-0.25, -0.2) is 0 Å². The molecule has 0 atom stereocenters. The molecule has 0 aliphatic carbocycles. The van der Waals surface area contributed by atoms with Gasteiger partial charge in [0.15, 0.2) is 11.6 Å². The largest absolute Gasteiger partial charge is 0.508 e. The predicted molar refractivity (Wildman–Crippen MR) is 75.2 cm³/mol. The SMILES string of the molecule is COc1cc(O)cc(C)c1C(=O)CC(=O)CC(=O)CC(=O)O. The Bertz CT molecular complexity index is 631. The molecule has 0 amide bonds. The maximum Gasteiger partial charge on any atom is 0.310 e. The van der Waals surface area contributed by atoms with E-state index in [1.165, 1.54) is 19.2 Å². The molecular weight excluding hydrogens is 292 g/mol. The van der Waals surface area contributed by atoms with Crippen molar-refractivity contribution < 1.29 is 34.1 Å². The van der Waals surface area contributed by atoms with Crippen LogP contribution in [0.3, 0.4) is 0 Å². The van der Waals surface area contributed by atoms with E-state index in [1.807, 2.05) is 0 Å². The Balaban J connectivity index is 2.83. The second-order valence-electron chi connectivity index (χ2n) is 4.76. The first-order chi connectivity index (χ1) is 10.2. The van der Waals surface area contributed by atoms with Gasteiger partial charge in [0.2, 0.25) is 0 Å². The van der Waals surface area contributed by atoms with E-state index >= 15 is 0 Å². The standard InChI is InChI=1S/C15H16O7/c1-8-3-9(16)6-13(22-2)15(8)12(19)5-10(17)4-11(18)7-14(20)21/h3,6,16H,4-5,7H2,1-2H3,(H,20,21). The lowest BCUT2D eigenvalue weighted by atomic mass is 9.98. The van der Waals surface area contributed by atoms with Crippen molar-refractivity contribution in [1.82, 2.24) is 0 Å². The summed E-state index contributed by atoms with van der Waals surface area (Å²) in [6.45, 7) is 1.58. The fourth-order valence-electron chi connectivity index (χ4n) is 2.04. The lowest BCUT2D eigenvalue weighted by Crippen LogP contribution is -2.16. The molecule has 0 heterocycles. The molecule has 7 nitrogen and oxygen atoms in total. The number of benzene rings is 1. The number of Topliss-reactive ketones (excluding diaryl/α,β-unsaturated/α-hetero) is 3. The van der Waals surface area contributed by atoms with E-state index in [9.17, 15) is 24.3 Å². The minimum atomic E-state index is -1.32. The Hall–Kier alpha value is -2.70. The number of hydrogen-bond acceptors (Lipinski definition) is 6. The van der Waals surface area contributed by atoms with Crippen LogP contribution in [0, 0.1) is 6.92 Å². The highest BCUT2D eigenvalue weighted by atomic mass is 16.5. The van der Waals surface area contributed by atoms with Crippen LogP contribution in [0.15, 0.2) is 12.1 Å². The van der Waals surface area contributed by atoms with E-state index in [1.54, 1.807) is 6.92 Å². The first kappa shape index (κ1) is 17.4. The van der Waals surface area contributed by atoms with Crippen LogP contribution in [0.25, 0.3) is 0 Å². The molecule has 118 valence electrons. The quantitative estimate of drug-likeness (QED) is 0.548. The number of aliphatic carboxylic acids is 1. The van der Waals surface area contributed by atoms with Crippen LogP contribution in [0.1, 0.15) is 35.2 Å². The summed E-state index contributed by atoms with van der Waals surface area (Å²) in [5.74, 6) is -3.23. The number of hydrogen-bond donors (Lipinski definition) is 2. The number of carbonyl (C=O) groups excluding carboxylic acids is 3.